The summed E-state index contributed by atoms with van der Waals surface area (Å²) < 4.78 is 8.12. The van der Waals surface area contributed by atoms with Crippen LogP contribution in [-0.2, 0) is 0 Å². The van der Waals surface area contributed by atoms with Crippen molar-refractivity contribution in [1.29, 1.82) is 5.26 Å². The zero-order valence-electron chi connectivity index (χ0n) is 19.1. The highest BCUT2D eigenvalue weighted by molar-refractivity contribution is 5.81. The Morgan fingerprint density at radius 2 is 1.90 bits per heavy atom. The molecule has 1 aromatic heterocycles. The lowest BCUT2D eigenvalue weighted by atomic mass is 9.70. The standard InChI is InChI=1S/C26H32N4O/c1-17(2)31-22-9-7-20(8-10-22)28-25-29-23-13-19(16-27)6-11-24(23)30(25)21-12-18(3)14-26(4,5)15-21/h6-11,13,17-18,21H,12,14-15H2,1-5H3,(H,28,29)/t18-,21?/m0/s1. The molecule has 0 aliphatic heterocycles. The minimum absolute atomic E-state index is 0.147. The van der Waals surface area contributed by atoms with Gasteiger partial charge in [0.1, 0.15) is 5.75 Å². The number of nitrogens with zero attached hydrogens (tertiary/aromatic N) is 3. The van der Waals surface area contributed by atoms with E-state index in [1.54, 1.807) is 0 Å². The van der Waals surface area contributed by atoms with Crippen molar-refractivity contribution in [2.75, 3.05) is 5.32 Å². The molecule has 1 aliphatic carbocycles. The molecule has 0 radical (unpaired) electrons. The number of benzene rings is 2. The first-order valence-electron chi connectivity index (χ1n) is 11.2. The van der Waals surface area contributed by atoms with Crippen LogP contribution in [0.1, 0.15) is 65.5 Å². The topological polar surface area (TPSA) is 62.9 Å². The predicted octanol–water partition coefficient (Wildman–Crippen LogP) is 6.83. The van der Waals surface area contributed by atoms with E-state index in [-0.39, 0.29) is 6.10 Å². The van der Waals surface area contributed by atoms with Crippen LogP contribution >= 0.6 is 0 Å². The number of nitriles is 1. The molecule has 2 atom stereocenters. The van der Waals surface area contributed by atoms with E-state index in [1.165, 1.54) is 6.42 Å². The zero-order valence-corrected chi connectivity index (χ0v) is 19.1. The second-order valence-electron chi connectivity index (χ2n) is 10.0. The molecule has 1 aliphatic rings. The van der Waals surface area contributed by atoms with Gasteiger partial charge in [0.05, 0.1) is 28.8 Å². The van der Waals surface area contributed by atoms with Crippen LogP contribution < -0.4 is 10.1 Å². The van der Waals surface area contributed by atoms with Gasteiger partial charge in [0.25, 0.3) is 0 Å². The normalized spacial score (nSPS) is 20.5. The summed E-state index contributed by atoms with van der Waals surface area (Å²) in [6.45, 7) is 11.1. The average molecular weight is 417 g/mol. The summed E-state index contributed by atoms with van der Waals surface area (Å²) in [7, 11) is 0. The molecule has 162 valence electrons. The van der Waals surface area contributed by atoms with E-state index in [1.807, 2.05) is 56.3 Å². The molecule has 5 nitrogen and oxygen atoms in total. The second-order valence-corrected chi connectivity index (χ2v) is 10.0. The smallest absolute Gasteiger partial charge is 0.208 e. The van der Waals surface area contributed by atoms with E-state index < -0.39 is 0 Å². The van der Waals surface area contributed by atoms with Crippen LogP contribution in [0.25, 0.3) is 11.0 Å². The lowest BCUT2D eigenvalue weighted by Gasteiger charge is -2.40. The number of anilines is 2. The van der Waals surface area contributed by atoms with Crippen molar-refractivity contribution < 1.29 is 4.74 Å². The van der Waals surface area contributed by atoms with Gasteiger partial charge < -0.3 is 14.6 Å². The van der Waals surface area contributed by atoms with Crippen molar-refractivity contribution in [3.8, 4) is 11.8 Å². The molecule has 0 bridgehead atoms. The van der Waals surface area contributed by atoms with E-state index in [2.05, 4.69) is 36.7 Å². The van der Waals surface area contributed by atoms with Crippen molar-refractivity contribution in [3.63, 3.8) is 0 Å². The highest BCUT2D eigenvalue weighted by atomic mass is 16.5. The first-order valence-corrected chi connectivity index (χ1v) is 11.2. The maximum absolute atomic E-state index is 9.34. The first-order chi connectivity index (χ1) is 14.7. The van der Waals surface area contributed by atoms with Crippen molar-refractivity contribution >= 4 is 22.7 Å². The van der Waals surface area contributed by atoms with Crippen LogP contribution in [0.4, 0.5) is 11.6 Å². The van der Waals surface area contributed by atoms with Crippen LogP contribution in [0.3, 0.4) is 0 Å². The Hall–Kier alpha value is -3.00. The van der Waals surface area contributed by atoms with E-state index >= 15 is 0 Å². The summed E-state index contributed by atoms with van der Waals surface area (Å²) in [6.07, 6.45) is 3.63. The van der Waals surface area contributed by atoms with Crippen molar-refractivity contribution in [2.45, 2.75) is 66.0 Å². The molecule has 3 aromatic rings. The molecule has 0 amide bonds. The van der Waals surface area contributed by atoms with Gasteiger partial charge in [-0.05, 0) is 86.9 Å². The van der Waals surface area contributed by atoms with Crippen LogP contribution in [-0.4, -0.2) is 15.7 Å². The Balaban J connectivity index is 1.73. The quantitative estimate of drug-likeness (QED) is 0.495. The molecular weight excluding hydrogens is 384 g/mol. The zero-order chi connectivity index (χ0) is 22.2. The number of hydrogen-bond donors (Lipinski definition) is 1. The van der Waals surface area contributed by atoms with Gasteiger partial charge in [-0.1, -0.05) is 20.8 Å². The molecule has 0 spiro atoms. The van der Waals surface area contributed by atoms with Gasteiger partial charge in [0.15, 0.2) is 0 Å². The van der Waals surface area contributed by atoms with E-state index in [0.29, 0.717) is 22.9 Å². The van der Waals surface area contributed by atoms with E-state index in [4.69, 9.17) is 9.72 Å². The molecule has 2 aromatic carbocycles. The Labute approximate surface area is 185 Å². The number of aromatic nitrogens is 2. The lowest BCUT2D eigenvalue weighted by molar-refractivity contribution is 0.140. The molecule has 1 unspecified atom stereocenters. The third-order valence-electron chi connectivity index (χ3n) is 6.03. The summed E-state index contributed by atoms with van der Waals surface area (Å²) in [6, 6.07) is 16.4. The summed E-state index contributed by atoms with van der Waals surface area (Å²) in [5.74, 6) is 2.35. The van der Waals surface area contributed by atoms with E-state index in [0.717, 1.165) is 41.3 Å². The summed E-state index contributed by atoms with van der Waals surface area (Å²) in [4.78, 5) is 4.90. The summed E-state index contributed by atoms with van der Waals surface area (Å²) >= 11 is 0. The second kappa shape index (κ2) is 8.26. The molecule has 0 saturated heterocycles. The van der Waals surface area contributed by atoms with Gasteiger partial charge in [-0.2, -0.15) is 5.26 Å². The van der Waals surface area contributed by atoms with Crippen molar-refractivity contribution in [3.05, 3.63) is 48.0 Å². The average Bonchev–Trinajstić information content (AvgIpc) is 3.04. The SMILES string of the molecule is CC(C)Oc1ccc(Nc2nc3cc(C#N)ccc3n2C2C[C@H](C)CC(C)(C)C2)cc1. The largest absolute Gasteiger partial charge is 0.491 e. The van der Waals surface area contributed by atoms with Crippen LogP contribution in [0.5, 0.6) is 5.75 Å². The predicted molar refractivity (Wildman–Crippen MR) is 126 cm³/mol. The molecule has 31 heavy (non-hydrogen) atoms. The van der Waals surface area contributed by atoms with Crippen LogP contribution in [0.2, 0.25) is 0 Å². The number of rotatable bonds is 5. The fourth-order valence-electron chi connectivity index (χ4n) is 5.14. The highest BCUT2D eigenvalue weighted by Gasteiger charge is 2.34. The molecule has 5 heteroatoms. The number of hydrogen-bond acceptors (Lipinski definition) is 4. The van der Waals surface area contributed by atoms with Gasteiger partial charge in [-0.15, -0.1) is 0 Å². The van der Waals surface area contributed by atoms with E-state index in [9.17, 15) is 5.26 Å². The molecule has 1 fully saturated rings. The maximum Gasteiger partial charge on any atom is 0.208 e. The number of fused-ring (bicyclic) bond motifs is 1. The highest BCUT2D eigenvalue weighted by Crippen LogP contribution is 2.46. The van der Waals surface area contributed by atoms with Crippen LogP contribution in [0.15, 0.2) is 42.5 Å². The van der Waals surface area contributed by atoms with Gasteiger partial charge in [0.2, 0.25) is 5.95 Å². The Morgan fingerprint density at radius 3 is 2.55 bits per heavy atom. The molecule has 1 N–H and O–H groups in total. The molecular formula is C26H32N4O. The number of imidazole rings is 1. The summed E-state index contributed by atoms with van der Waals surface area (Å²) in [5.41, 5.74) is 3.83. The van der Waals surface area contributed by atoms with Crippen LogP contribution in [0, 0.1) is 22.7 Å². The Morgan fingerprint density at radius 1 is 1.16 bits per heavy atom. The third-order valence-corrected chi connectivity index (χ3v) is 6.03. The minimum Gasteiger partial charge on any atom is -0.491 e. The fraction of sp³-hybridized carbons (Fsp3) is 0.462. The van der Waals surface area contributed by atoms with Crippen molar-refractivity contribution in [1.82, 2.24) is 9.55 Å². The summed E-state index contributed by atoms with van der Waals surface area (Å²) in [5, 5.41) is 12.9. The first kappa shape index (κ1) is 21.2. The van der Waals surface area contributed by atoms with Gasteiger partial charge in [-0.3, -0.25) is 0 Å². The number of nitrogens with one attached hydrogen (secondary N) is 1. The van der Waals surface area contributed by atoms with Gasteiger partial charge >= 0.3 is 0 Å². The fourth-order valence-corrected chi connectivity index (χ4v) is 5.14. The minimum atomic E-state index is 0.147. The Bertz CT molecular complexity index is 1100. The molecule has 4 rings (SSSR count). The van der Waals surface area contributed by atoms with Gasteiger partial charge in [-0.25, -0.2) is 4.98 Å². The van der Waals surface area contributed by atoms with Crippen molar-refractivity contribution in [2.24, 2.45) is 11.3 Å². The molecule has 1 saturated carbocycles. The Kier molecular flexibility index (Phi) is 5.66. The monoisotopic (exact) mass is 416 g/mol. The van der Waals surface area contributed by atoms with Gasteiger partial charge in [0, 0.05) is 11.7 Å². The maximum atomic E-state index is 9.34. The third kappa shape index (κ3) is 4.69. The molecule has 1 heterocycles. The lowest BCUT2D eigenvalue weighted by Crippen LogP contribution is -2.29. The number of ether oxygens (including phenoxy) is 1.